The van der Waals surface area contributed by atoms with Crippen LogP contribution < -0.4 is 11.1 Å². The second-order valence-corrected chi connectivity index (χ2v) is 1.39. The zero-order valence-electron chi connectivity index (χ0n) is 4.33. The molecular weight excluding hydrogens is 108 g/mol. The van der Waals surface area contributed by atoms with Gasteiger partial charge in [-0.2, -0.15) is 5.10 Å². The summed E-state index contributed by atoms with van der Waals surface area (Å²) in [5.41, 5.74) is 5.15. The largest absolute Gasteiger partial charge is 0.394 e. The Bertz CT molecular complexity index is 93.3. The number of nitrogens with one attached hydrogen (secondary N) is 2. The van der Waals surface area contributed by atoms with Gasteiger partial charge in [-0.25, -0.2) is 5.53 Å². The van der Waals surface area contributed by atoms with E-state index in [0.717, 1.165) is 0 Å². The summed E-state index contributed by atoms with van der Waals surface area (Å²) in [5, 5.41) is 13.6. The van der Waals surface area contributed by atoms with E-state index in [4.69, 9.17) is 5.11 Å². The molecule has 1 aliphatic heterocycles. The first-order valence-electron chi connectivity index (χ1n) is 2.35. The molecule has 0 saturated heterocycles. The van der Waals surface area contributed by atoms with Crippen molar-refractivity contribution in [3.05, 3.63) is 0 Å². The molecule has 0 radical (unpaired) electrons. The standard InChI is InChI=1S/C3H8N4O/c8-2-1-7-3-4-5-6-7/h3,5-6,8H,1-2H2. The average molecular weight is 116 g/mol. The van der Waals surface area contributed by atoms with E-state index in [2.05, 4.69) is 16.2 Å². The summed E-state index contributed by atoms with van der Waals surface area (Å²) in [7, 11) is 0. The van der Waals surface area contributed by atoms with Crippen LogP contribution in [0.15, 0.2) is 5.10 Å². The number of nitrogens with zero attached hydrogens (tertiary/aromatic N) is 2. The molecule has 46 valence electrons. The number of aliphatic hydroxyl groups excluding tert-OH is 1. The molecule has 0 amide bonds. The topological polar surface area (TPSA) is 59.9 Å². The number of hydrogen-bond donors (Lipinski definition) is 3. The Balaban J connectivity index is 2.16. The fraction of sp³-hybridized carbons (Fsp3) is 0.667. The number of aliphatic hydroxyl groups is 1. The summed E-state index contributed by atoms with van der Waals surface area (Å²) in [6, 6.07) is 0. The predicted octanol–water partition coefficient (Wildman–Crippen LogP) is -1.75. The van der Waals surface area contributed by atoms with Crippen molar-refractivity contribution in [2.45, 2.75) is 0 Å². The van der Waals surface area contributed by atoms with E-state index in [1.807, 2.05) is 0 Å². The van der Waals surface area contributed by atoms with Crippen molar-refractivity contribution in [1.29, 1.82) is 0 Å². The Kier molecular flexibility index (Phi) is 1.66. The lowest BCUT2D eigenvalue weighted by molar-refractivity contribution is 0.214. The van der Waals surface area contributed by atoms with Crippen LogP contribution in [-0.2, 0) is 0 Å². The summed E-state index contributed by atoms with van der Waals surface area (Å²) in [6.45, 7) is 0.678. The Morgan fingerprint density at radius 1 is 1.75 bits per heavy atom. The van der Waals surface area contributed by atoms with Gasteiger partial charge in [-0.15, -0.1) is 5.53 Å². The highest BCUT2D eigenvalue weighted by atomic mass is 16.3. The monoisotopic (exact) mass is 116 g/mol. The van der Waals surface area contributed by atoms with Crippen LogP contribution in [0.2, 0.25) is 0 Å². The van der Waals surface area contributed by atoms with Crippen LogP contribution in [0.5, 0.6) is 0 Å². The minimum atomic E-state index is 0.126. The molecule has 0 spiro atoms. The predicted molar refractivity (Wildman–Crippen MR) is 28.6 cm³/mol. The summed E-state index contributed by atoms with van der Waals surface area (Å²) < 4.78 is 0. The van der Waals surface area contributed by atoms with Crippen LogP contribution >= 0.6 is 0 Å². The first-order chi connectivity index (χ1) is 3.93. The molecule has 8 heavy (non-hydrogen) atoms. The number of rotatable bonds is 2. The van der Waals surface area contributed by atoms with Gasteiger partial charge in [0.15, 0.2) is 0 Å². The zero-order valence-corrected chi connectivity index (χ0v) is 4.33. The molecule has 0 aromatic rings. The third-order valence-corrected chi connectivity index (χ3v) is 0.796. The SMILES string of the molecule is OCCN1C=NNN1. The number of hydrazone groups is 1. The summed E-state index contributed by atoms with van der Waals surface area (Å²) in [6.07, 6.45) is 1.57. The smallest absolute Gasteiger partial charge is 0.128 e. The molecular formula is C3H8N4O. The molecule has 1 aliphatic rings. The quantitative estimate of drug-likeness (QED) is 0.400. The van der Waals surface area contributed by atoms with Crippen molar-refractivity contribution in [1.82, 2.24) is 16.1 Å². The molecule has 5 nitrogen and oxygen atoms in total. The molecule has 0 saturated carbocycles. The van der Waals surface area contributed by atoms with E-state index in [-0.39, 0.29) is 6.61 Å². The van der Waals surface area contributed by atoms with Crippen LogP contribution in [-0.4, -0.2) is 29.6 Å². The average Bonchev–Trinajstić information content (AvgIpc) is 2.19. The summed E-state index contributed by atoms with van der Waals surface area (Å²) >= 11 is 0. The van der Waals surface area contributed by atoms with Gasteiger partial charge in [-0.05, 0) is 0 Å². The van der Waals surface area contributed by atoms with E-state index in [0.29, 0.717) is 6.54 Å². The number of hydrazine groups is 2. The van der Waals surface area contributed by atoms with E-state index < -0.39 is 0 Å². The highest BCUT2D eigenvalue weighted by Crippen LogP contribution is 1.77. The third kappa shape index (κ3) is 1.08. The first-order valence-corrected chi connectivity index (χ1v) is 2.35. The maximum atomic E-state index is 8.36. The third-order valence-electron chi connectivity index (χ3n) is 0.796. The number of β-amino-alcohol motifs (C(OH)–C–C–N with tert-alkyl or cyclic N) is 1. The second kappa shape index (κ2) is 2.49. The van der Waals surface area contributed by atoms with Crippen LogP contribution in [0.3, 0.4) is 0 Å². The van der Waals surface area contributed by atoms with Crippen LogP contribution in [0.25, 0.3) is 0 Å². The van der Waals surface area contributed by atoms with Gasteiger partial charge in [0.2, 0.25) is 0 Å². The van der Waals surface area contributed by atoms with E-state index in [9.17, 15) is 0 Å². The van der Waals surface area contributed by atoms with E-state index in [1.54, 1.807) is 11.3 Å². The molecule has 0 bridgehead atoms. The lowest BCUT2D eigenvalue weighted by Crippen LogP contribution is -2.38. The fourth-order valence-electron chi connectivity index (χ4n) is 0.442. The molecule has 0 atom stereocenters. The highest BCUT2D eigenvalue weighted by molar-refractivity contribution is 5.54. The van der Waals surface area contributed by atoms with Crippen molar-refractivity contribution in [2.24, 2.45) is 5.10 Å². The second-order valence-electron chi connectivity index (χ2n) is 1.39. The Labute approximate surface area is 46.9 Å². The van der Waals surface area contributed by atoms with Crippen molar-refractivity contribution < 1.29 is 5.11 Å². The zero-order chi connectivity index (χ0) is 5.82. The lowest BCUT2D eigenvalue weighted by Gasteiger charge is -2.09. The van der Waals surface area contributed by atoms with Crippen molar-refractivity contribution in [3.8, 4) is 0 Å². The minimum Gasteiger partial charge on any atom is -0.394 e. The minimum absolute atomic E-state index is 0.126. The molecule has 1 rings (SSSR count). The molecule has 0 aliphatic carbocycles. The summed E-state index contributed by atoms with van der Waals surface area (Å²) in [5.74, 6) is 0. The van der Waals surface area contributed by atoms with Gasteiger partial charge in [0.1, 0.15) is 6.34 Å². The maximum Gasteiger partial charge on any atom is 0.128 e. The molecule has 3 N–H and O–H groups in total. The van der Waals surface area contributed by atoms with Gasteiger partial charge >= 0.3 is 0 Å². The van der Waals surface area contributed by atoms with Crippen molar-refractivity contribution >= 4 is 6.34 Å². The summed E-state index contributed by atoms with van der Waals surface area (Å²) in [4.78, 5) is 0. The highest BCUT2D eigenvalue weighted by Gasteiger charge is 1.99. The van der Waals surface area contributed by atoms with Crippen LogP contribution in [0.1, 0.15) is 0 Å². The molecule has 5 heteroatoms. The van der Waals surface area contributed by atoms with Gasteiger partial charge in [0.25, 0.3) is 0 Å². The molecule has 0 fully saturated rings. The lowest BCUT2D eigenvalue weighted by atomic mass is 10.7. The Morgan fingerprint density at radius 2 is 2.62 bits per heavy atom. The molecule has 1 heterocycles. The van der Waals surface area contributed by atoms with Crippen molar-refractivity contribution in [3.63, 3.8) is 0 Å². The van der Waals surface area contributed by atoms with E-state index >= 15 is 0 Å². The van der Waals surface area contributed by atoms with Crippen LogP contribution in [0, 0.1) is 0 Å². The molecule has 0 aromatic heterocycles. The Hall–Kier alpha value is -0.810. The van der Waals surface area contributed by atoms with Gasteiger partial charge in [0, 0.05) is 0 Å². The van der Waals surface area contributed by atoms with E-state index in [1.165, 1.54) is 0 Å². The van der Waals surface area contributed by atoms with Gasteiger partial charge in [-0.1, -0.05) is 0 Å². The van der Waals surface area contributed by atoms with Crippen molar-refractivity contribution in [2.75, 3.05) is 13.2 Å². The molecule has 0 aromatic carbocycles. The first kappa shape index (κ1) is 5.33. The fourth-order valence-corrected chi connectivity index (χ4v) is 0.442. The normalized spacial score (nSPS) is 16.9. The van der Waals surface area contributed by atoms with Crippen LogP contribution in [0.4, 0.5) is 0 Å². The van der Waals surface area contributed by atoms with Gasteiger partial charge in [0.05, 0.1) is 13.2 Å². The number of hydrogen-bond acceptors (Lipinski definition) is 5. The van der Waals surface area contributed by atoms with Gasteiger partial charge < -0.3 is 5.11 Å². The van der Waals surface area contributed by atoms with Gasteiger partial charge in [-0.3, -0.25) is 5.01 Å². The maximum absolute atomic E-state index is 8.36. The Morgan fingerprint density at radius 3 is 3.12 bits per heavy atom. The molecule has 0 unspecified atom stereocenters.